The summed E-state index contributed by atoms with van der Waals surface area (Å²) in [6.07, 6.45) is 5.78. The van der Waals surface area contributed by atoms with Gasteiger partial charge in [-0.2, -0.15) is 15.0 Å². The highest BCUT2D eigenvalue weighted by Crippen LogP contribution is 2.27. The van der Waals surface area contributed by atoms with Crippen molar-refractivity contribution in [3.8, 4) is 0 Å². The van der Waals surface area contributed by atoms with E-state index in [9.17, 15) is 4.79 Å². The van der Waals surface area contributed by atoms with Crippen molar-refractivity contribution < 1.29 is 9.53 Å². The maximum Gasteiger partial charge on any atom is 0.243 e. The number of nitrogens with one attached hydrogen (secondary N) is 2. The quantitative estimate of drug-likeness (QED) is 0.142. The zero-order valence-corrected chi connectivity index (χ0v) is 23.6. The van der Waals surface area contributed by atoms with Gasteiger partial charge in [0.25, 0.3) is 0 Å². The number of unbranched alkanes of at least 4 members (excludes halogenated alkanes) is 1. The first-order chi connectivity index (χ1) is 17.0. The number of carbonyl (C=O) groups excluding carboxylic acids is 1. The molecule has 0 atom stereocenters. The molecule has 35 heavy (non-hydrogen) atoms. The van der Waals surface area contributed by atoms with Gasteiger partial charge in [-0.1, -0.05) is 57.2 Å². The van der Waals surface area contributed by atoms with Crippen LogP contribution in [0, 0.1) is 0 Å². The van der Waals surface area contributed by atoms with E-state index in [0.29, 0.717) is 18.5 Å². The Balaban J connectivity index is 0.000000379. The van der Waals surface area contributed by atoms with E-state index in [4.69, 9.17) is 16.3 Å². The molecule has 0 bridgehead atoms. The number of aromatic nitrogens is 3. The number of para-hydroxylation sites is 1. The average molecular weight is 525 g/mol. The van der Waals surface area contributed by atoms with E-state index < -0.39 is 0 Å². The van der Waals surface area contributed by atoms with Crippen LogP contribution >= 0.6 is 23.4 Å². The number of halogens is 1. The molecule has 0 saturated carbocycles. The van der Waals surface area contributed by atoms with Gasteiger partial charge in [-0.25, -0.2) is 0 Å². The summed E-state index contributed by atoms with van der Waals surface area (Å²) >= 11 is 7.29. The number of rotatable bonds is 14. The van der Waals surface area contributed by atoms with Crippen LogP contribution in [0.3, 0.4) is 0 Å². The maximum atomic E-state index is 12.2. The number of alkyl halides is 1. The summed E-state index contributed by atoms with van der Waals surface area (Å²) in [5.74, 6) is 1.12. The van der Waals surface area contributed by atoms with Gasteiger partial charge in [0.2, 0.25) is 17.8 Å². The topological polar surface area (TPSA) is 92.3 Å². The molecule has 8 nitrogen and oxygen atoms in total. The van der Waals surface area contributed by atoms with Gasteiger partial charge >= 0.3 is 0 Å². The Kier molecular flexibility index (Phi) is 16.1. The molecule has 1 heterocycles. The van der Waals surface area contributed by atoms with Gasteiger partial charge in [0.1, 0.15) is 12.6 Å². The molecule has 2 rings (SSSR count). The fourth-order valence-electron chi connectivity index (χ4n) is 3.22. The zero-order chi connectivity index (χ0) is 26.1. The predicted octanol–water partition coefficient (Wildman–Crippen LogP) is 5.61. The Hall–Kier alpha value is -2.10. The monoisotopic (exact) mass is 524 g/mol. The lowest BCUT2D eigenvalue weighted by atomic mass is 10.0. The minimum Gasteiger partial charge on any atom is -0.361 e. The smallest absolute Gasteiger partial charge is 0.243 e. The lowest BCUT2D eigenvalue weighted by Gasteiger charge is -2.26. The Morgan fingerprint density at radius 2 is 1.57 bits per heavy atom. The number of benzene rings is 1. The summed E-state index contributed by atoms with van der Waals surface area (Å²) in [7, 11) is 0. The number of aryl methyl sites for hydroxylation is 2. The Labute approximate surface area is 220 Å². The molecule has 0 spiro atoms. The normalized spacial score (nSPS) is 10.4. The van der Waals surface area contributed by atoms with Crippen LogP contribution in [0.5, 0.6) is 0 Å². The molecule has 2 N–H and O–H groups in total. The third-order valence-electron chi connectivity index (χ3n) is 4.98. The van der Waals surface area contributed by atoms with E-state index in [2.05, 4.69) is 58.5 Å². The molecule has 1 aromatic heterocycles. The number of nitrogens with zero attached hydrogens (tertiary/aromatic N) is 4. The molecule has 10 heteroatoms. The molecule has 0 unspecified atom stereocenters. The molecular formula is C25H41ClN6O2S. The van der Waals surface area contributed by atoms with Gasteiger partial charge in [-0.15, -0.1) is 11.6 Å². The van der Waals surface area contributed by atoms with E-state index in [1.807, 2.05) is 26.2 Å². The molecule has 0 radical (unpaired) electrons. The second kappa shape index (κ2) is 18.2. The van der Waals surface area contributed by atoms with Crippen molar-refractivity contribution in [1.82, 2.24) is 15.0 Å². The summed E-state index contributed by atoms with van der Waals surface area (Å²) in [6, 6.07) is 6.17. The molecule has 0 aliphatic rings. The highest BCUT2D eigenvalue weighted by Gasteiger charge is 2.20. The Morgan fingerprint density at radius 3 is 2.00 bits per heavy atom. The van der Waals surface area contributed by atoms with Crippen LogP contribution in [-0.2, 0) is 22.4 Å². The third kappa shape index (κ3) is 10.6. The fraction of sp³-hybridized carbons (Fsp3) is 0.600. The zero-order valence-electron chi connectivity index (χ0n) is 22.0. The molecule has 0 saturated heterocycles. The molecule has 0 fully saturated rings. The lowest BCUT2D eigenvalue weighted by molar-refractivity contribution is -0.117. The van der Waals surface area contributed by atoms with Crippen molar-refractivity contribution in [2.45, 2.75) is 65.5 Å². The van der Waals surface area contributed by atoms with Crippen molar-refractivity contribution in [3.63, 3.8) is 0 Å². The Morgan fingerprint density at radius 1 is 1.00 bits per heavy atom. The summed E-state index contributed by atoms with van der Waals surface area (Å²) in [4.78, 5) is 26.6. The van der Waals surface area contributed by atoms with Crippen LogP contribution in [0.2, 0.25) is 0 Å². The first-order valence-electron chi connectivity index (χ1n) is 12.3. The SMILES string of the molecule is CCCCOCN(C(=O)CCl)c1c(CC)cccc1CC.CCNc1nc(NCC)nc(SC)n1. The molecule has 1 aromatic carbocycles. The molecule has 0 aliphatic carbocycles. The summed E-state index contributed by atoms with van der Waals surface area (Å²) < 4.78 is 5.66. The molecule has 196 valence electrons. The maximum absolute atomic E-state index is 12.2. The highest BCUT2D eigenvalue weighted by molar-refractivity contribution is 7.98. The molecule has 2 aromatic rings. The van der Waals surface area contributed by atoms with Gasteiger partial charge in [0.15, 0.2) is 5.16 Å². The van der Waals surface area contributed by atoms with E-state index in [-0.39, 0.29) is 18.5 Å². The number of thioether (sulfide) groups is 1. The number of carbonyl (C=O) groups is 1. The number of anilines is 3. The van der Waals surface area contributed by atoms with Gasteiger partial charge < -0.3 is 15.4 Å². The highest BCUT2D eigenvalue weighted by atomic mass is 35.5. The van der Waals surface area contributed by atoms with Crippen LogP contribution in [0.1, 0.15) is 58.6 Å². The van der Waals surface area contributed by atoms with Gasteiger partial charge in [-0.05, 0) is 50.5 Å². The van der Waals surface area contributed by atoms with E-state index >= 15 is 0 Å². The summed E-state index contributed by atoms with van der Waals surface area (Å²) in [6.45, 7) is 12.9. The van der Waals surface area contributed by atoms with Gasteiger partial charge in [0, 0.05) is 19.7 Å². The Bertz CT molecular complexity index is 841. The molecule has 0 aliphatic heterocycles. The summed E-state index contributed by atoms with van der Waals surface area (Å²) in [5, 5.41) is 6.86. The van der Waals surface area contributed by atoms with E-state index in [1.54, 1.807) is 4.90 Å². The van der Waals surface area contributed by atoms with Crippen LogP contribution < -0.4 is 15.5 Å². The number of hydrogen-bond donors (Lipinski definition) is 2. The number of ether oxygens (including phenoxy) is 1. The van der Waals surface area contributed by atoms with Crippen molar-refractivity contribution in [3.05, 3.63) is 29.3 Å². The van der Waals surface area contributed by atoms with Crippen LogP contribution in [0.15, 0.2) is 23.4 Å². The first-order valence-corrected chi connectivity index (χ1v) is 14.1. The second-order valence-corrected chi connectivity index (χ2v) is 8.55. The minimum atomic E-state index is -0.108. The lowest BCUT2D eigenvalue weighted by Crippen LogP contribution is -2.35. The average Bonchev–Trinajstić information content (AvgIpc) is 2.88. The molecular weight excluding hydrogens is 484 g/mol. The van der Waals surface area contributed by atoms with Crippen LogP contribution in [-0.4, -0.2) is 59.4 Å². The van der Waals surface area contributed by atoms with Crippen molar-refractivity contribution >= 4 is 46.9 Å². The minimum absolute atomic E-state index is 0.0294. The second-order valence-electron chi connectivity index (χ2n) is 7.51. The molecule has 1 amide bonds. The summed E-state index contributed by atoms with van der Waals surface area (Å²) in [5.41, 5.74) is 3.29. The van der Waals surface area contributed by atoms with Crippen LogP contribution in [0.4, 0.5) is 17.6 Å². The van der Waals surface area contributed by atoms with Crippen LogP contribution in [0.25, 0.3) is 0 Å². The first kappa shape index (κ1) is 30.9. The predicted molar refractivity (Wildman–Crippen MR) is 149 cm³/mol. The number of hydrogen-bond acceptors (Lipinski definition) is 8. The van der Waals surface area contributed by atoms with Crippen molar-refractivity contribution in [1.29, 1.82) is 0 Å². The number of amides is 1. The standard InChI is InChI=1S/C17H26ClNO2.C8H15N5S/c1-4-7-11-21-13-19(16(20)12-18)17-14(5-2)9-8-10-15(17)6-3;1-4-9-6-11-7(10-5-2)13-8(12-6)14-3/h8-10H,4-7,11-13H2,1-3H3;4-5H2,1-3H3,(H2,9,10,11,12,13). The van der Waals surface area contributed by atoms with E-state index in [0.717, 1.165) is 60.7 Å². The van der Waals surface area contributed by atoms with Gasteiger partial charge in [0.05, 0.1) is 5.69 Å². The van der Waals surface area contributed by atoms with E-state index in [1.165, 1.54) is 11.8 Å². The largest absolute Gasteiger partial charge is 0.361 e. The van der Waals surface area contributed by atoms with Crippen molar-refractivity contribution in [2.75, 3.05) is 54.1 Å². The third-order valence-corrected chi connectivity index (χ3v) is 5.76. The fourth-order valence-corrected chi connectivity index (χ4v) is 3.72. The van der Waals surface area contributed by atoms with Gasteiger partial charge in [-0.3, -0.25) is 9.69 Å². The van der Waals surface area contributed by atoms with Crippen molar-refractivity contribution in [2.24, 2.45) is 0 Å².